The monoisotopic (exact) mass is 308 g/mol. The van der Waals surface area contributed by atoms with E-state index in [1.54, 1.807) is 6.07 Å². The van der Waals surface area contributed by atoms with Crippen LogP contribution in [0.2, 0.25) is 0 Å². The van der Waals surface area contributed by atoms with Crippen molar-refractivity contribution in [3.63, 3.8) is 0 Å². The molecule has 0 aliphatic carbocycles. The van der Waals surface area contributed by atoms with Crippen LogP contribution in [-0.2, 0) is 7.05 Å². The number of benzene rings is 1. The van der Waals surface area contributed by atoms with E-state index in [9.17, 15) is 14.4 Å². The number of rotatable bonds is 1. The minimum absolute atomic E-state index is 0.0219. The second-order valence-corrected chi connectivity index (χ2v) is 5.44. The normalized spacial score (nSPS) is 13.4. The number of anilines is 1. The summed E-state index contributed by atoms with van der Waals surface area (Å²) in [6.07, 6.45) is 1.91. The summed E-state index contributed by atoms with van der Waals surface area (Å²) in [5, 5.41) is 3.17. The largest absolute Gasteiger partial charge is 0.384 e. The lowest BCUT2D eigenvalue weighted by molar-refractivity contribution is 0.0880. The molecule has 3 aromatic rings. The van der Waals surface area contributed by atoms with Gasteiger partial charge < -0.3 is 10.3 Å². The van der Waals surface area contributed by atoms with Crippen molar-refractivity contribution < 1.29 is 9.59 Å². The fourth-order valence-electron chi connectivity index (χ4n) is 2.94. The number of nitrogens with two attached hydrogens (primary N) is 1. The maximum Gasteiger partial charge on any atom is 0.262 e. The highest BCUT2D eigenvalue weighted by atomic mass is 16.2. The Morgan fingerprint density at radius 3 is 2.61 bits per heavy atom. The standard InChI is InChI=1S/C16H12N4O3/c1-19-5-4-8-2-3-9(6-11(8)19)20-12(21)7-10-13(14(20)17)16(23)18-15(10)22/h2-7H,17H2,1H3,(H,18,22,23). The van der Waals surface area contributed by atoms with Gasteiger partial charge in [0, 0.05) is 24.8 Å². The van der Waals surface area contributed by atoms with E-state index >= 15 is 0 Å². The molecular weight excluding hydrogens is 296 g/mol. The van der Waals surface area contributed by atoms with Gasteiger partial charge in [0.1, 0.15) is 5.82 Å². The Morgan fingerprint density at radius 1 is 1.04 bits per heavy atom. The van der Waals surface area contributed by atoms with Gasteiger partial charge in [-0.1, -0.05) is 6.07 Å². The van der Waals surface area contributed by atoms with Gasteiger partial charge in [0.2, 0.25) is 0 Å². The molecule has 23 heavy (non-hydrogen) atoms. The van der Waals surface area contributed by atoms with Gasteiger partial charge in [-0.2, -0.15) is 0 Å². The Bertz CT molecular complexity index is 1070. The number of imide groups is 1. The third-order valence-electron chi connectivity index (χ3n) is 4.08. The molecule has 0 atom stereocenters. The van der Waals surface area contributed by atoms with Crippen molar-refractivity contribution in [2.45, 2.75) is 0 Å². The molecule has 4 rings (SSSR count). The van der Waals surface area contributed by atoms with Gasteiger partial charge in [0.05, 0.1) is 16.8 Å². The Labute approximate surface area is 129 Å². The van der Waals surface area contributed by atoms with Gasteiger partial charge in [0.15, 0.2) is 0 Å². The van der Waals surface area contributed by atoms with Crippen LogP contribution < -0.4 is 16.6 Å². The molecule has 0 saturated heterocycles. The lowest BCUT2D eigenvalue weighted by Crippen LogP contribution is -2.24. The number of carbonyl (C=O) groups is 2. The third-order valence-corrected chi connectivity index (χ3v) is 4.08. The van der Waals surface area contributed by atoms with E-state index < -0.39 is 17.4 Å². The smallest absolute Gasteiger partial charge is 0.262 e. The summed E-state index contributed by atoms with van der Waals surface area (Å²) < 4.78 is 3.16. The molecule has 0 spiro atoms. The second-order valence-electron chi connectivity index (χ2n) is 5.44. The highest BCUT2D eigenvalue weighted by Crippen LogP contribution is 2.25. The Balaban J connectivity index is 2.04. The number of hydrogen-bond donors (Lipinski definition) is 2. The zero-order valence-corrected chi connectivity index (χ0v) is 12.2. The number of carbonyl (C=O) groups excluding carboxylic acids is 2. The molecular formula is C16H12N4O3. The molecule has 1 aliphatic rings. The van der Waals surface area contributed by atoms with E-state index in [1.807, 2.05) is 36.0 Å². The van der Waals surface area contributed by atoms with Gasteiger partial charge in [-0.15, -0.1) is 0 Å². The van der Waals surface area contributed by atoms with Crippen LogP contribution in [0.25, 0.3) is 16.6 Å². The van der Waals surface area contributed by atoms with Crippen LogP contribution >= 0.6 is 0 Å². The molecule has 2 aromatic heterocycles. The first-order valence-corrected chi connectivity index (χ1v) is 6.94. The van der Waals surface area contributed by atoms with E-state index in [-0.39, 0.29) is 16.9 Å². The fraction of sp³-hybridized carbons (Fsp3) is 0.0625. The summed E-state index contributed by atoms with van der Waals surface area (Å²) in [5.74, 6) is -1.22. The van der Waals surface area contributed by atoms with E-state index in [4.69, 9.17) is 5.73 Å². The molecule has 7 heteroatoms. The minimum Gasteiger partial charge on any atom is -0.384 e. The maximum atomic E-state index is 12.4. The molecule has 3 heterocycles. The molecule has 0 saturated carbocycles. The van der Waals surface area contributed by atoms with Crippen LogP contribution in [0, 0.1) is 0 Å². The number of nitrogens with one attached hydrogen (secondary N) is 1. The number of aromatic nitrogens is 2. The first-order chi connectivity index (χ1) is 11.0. The second kappa shape index (κ2) is 4.33. The number of nitrogen functional groups attached to an aromatic ring is 1. The lowest BCUT2D eigenvalue weighted by Gasteiger charge is -2.12. The van der Waals surface area contributed by atoms with Crippen molar-refractivity contribution in [2.24, 2.45) is 7.05 Å². The van der Waals surface area contributed by atoms with E-state index in [1.165, 1.54) is 4.57 Å². The first kappa shape index (κ1) is 13.3. The van der Waals surface area contributed by atoms with Crippen LogP contribution in [0.15, 0.2) is 41.3 Å². The Hall–Kier alpha value is -3.35. The number of nitrogens with zero attached hydrogens (tertiary/aromatic N) is 2. The molecule has 0 bridgehead atoms. The number of amides is 2. The van der Waals surface area contributed by atoms with Gasteiger partial charge in [-0.05, 0) is 23.6 Å². The summed E-state index contributed by atoms with van der Waals surface area (Å²) in [4.78, 5) is 36.0. The van der Waals surface area contributed by atoms with Crippen molar-refractivity contribution in [1.29, 1.82) is 0 Å². The summed E-state index contributed by atoms with van der Waals surface area (Å²) in [5.41, 5.74) is 7.09. The zero-order chi connectivity index (χ0) is 16.3. The fourth-order valence-corrected chi connectivity index (χ4v) is 2.94. The highest BCUT2D eigenvalue weighted by Gasteiger charge is 2.31. The molecule has 0 fully saturated rings. The number of fused-ring (bicyclic) bond motifs is 2. The molecule has 2 amide bonds. The van der Waals surface area contributed by atoms with E-state index in [0.29, 0.717) is 5.69 Å². The number of pyridine rings is 1. The summed E-state index contributed by atoms with van der Waals surface area (Å²) in [6, 6.07) is 8.53. The van der Waals surface area contributed by atoms with E-state index in [0.717, 1.165) is 17.0 Å². The third kappa shape index (κ3) is 1.73. The lowest BCUT2D eigenvalue weighted by atomic mass is 10.1. The van der Waals surface area contributed by atoms with Crippen LogP contribution in [0.5, 0.6) is 0 Å². The Morgan fingerprint density at radius 2 is 1.83 bits per heavy atom. The SMILES string of the molecule is Cn1ccc2ccc(-n3c(N)c4c(cc3=O)C(=O)NC4=O)cc21. The highest BCUT2D eigenvalue weighted by molar-refractivity contribution is 6.23. The van der Waals surface area contributed by atoms with Gasteiger partial charge in [-0.3, -0.25) is 24.3 Å². The maximum absolute atomic E-state index is 12.4. The molecule has 114 valence electrons. The van der Waals surface area contributed by atoms with Crippen LogP contribution in [-0.4, -0.2) is 20.9 Å². The van der Waals surface area contributed by atoms with Crippen molar-refractivity contribution in [2.75, 3.05) is 5.73 Å². The first-order valence-electron chi connectivity index (χ1n) is 6.94. The number of hydrogen-bond acceptors (Lipinski definition) is 4. The van der Waals surface area contributed by atoms with Crippen LogP contribution in [0.3, 0.4) is 0 Å². The molecule has 7 nitrogen and oxygen atoms in total. The van der Waals surface area contributed by atoms with Gasteiger partial charge in [0.25, 0.3) is 17.4 Å². The average molecular weight is 308 g/mol. The van der Waals surface area contributed by atoms with Crippen molar-refractivity contribution >= 4 is 28.5 Å². The average Bonchev–Trinajstić information content (AvgIpc) is 3.00. The molecule has 0 radical (unpaired) electrons. The quantitative estimate of drug-likeness (QED) is 0.649. The summed E-state index contributed by atoms with van der Waals surface area (Å²) >= 11 is 0. The van der Waals surface area contributed by atoms with Crippen molar-refractivity contribution in [1.82, 2.24) is 14.5 Å². The Kier molecular flexibility index (Phi) is 2.51. The predicted molar refractivity (Wildman–Crippen MR) is 84.7 cm³/mol. The van der Waals surface area contributed by atoms with Gasteiger partial charge in [-0.25, -0.2) is 0 Å². The van der Waals surface area contributed by atoms with Crippen molar-refractivity contribution in [3.8, 4) is 5.69 Å². The zero-order valence-electron chi connectivity index (χ0n) is 12.2. The van der Waals surface area contributed by atoms with Crippen LogP contribution in [0.1, 0.15) is 20.7 Å². The molecule has 1 aromatic carbocycles. The van der Waals surface area contributed by atoms with Crippen molar-refractivity contribution in [3.05, 3.63) is 58.0 Å². The minimum atomic E-state index is -0.598. The van der Waals surface area contributed by atoms with E-state index in [2.05, 4.69) is 5.32 Å². The molecule has 3 N–H and O–H groups in total. The van der Waals surface area contributed by atoms with Crippen LogP contribution in [0.4, 0.5) is 5.82 Å². The molecule has 1 aliphatic heterocycles. The molecule has 0 unspecified atom stereocenters. The predicted octanol–water partition coefficient (Wildman–Crippen LogP) is 0.795. The number of aryl methyl sites for hydroxylation is 1. The summed E-state index contributed by atoms with van der Waals surface area (Å²) in [6.45, 7) is 0. The topological polar surface area (TPSA) is 99.1 Å². The summed E-state index contributed by atoms with van der Waals surface area (Å²) in [7, 11) is 1.90. The van der Waals surface area contributed by atoms with Gasteiger partial charge >= 0.3 is 0 Å².